The summed E-state index contributed by atoms with van der Waals surface area (Å²) in [5.74, 6) is -0.865. The summed E-state index contributed by atoms with van der Waals surface area (Å²) in [6.07, 6.45) is 4.18. The maximum Gasteiger partial charge on any atom is 0.226 e. The number of piperidine rings is 1. The average molecular weight is 392 g/mol. The molecule has 0 spiro atoms. The third kappa shape index (κ3) is 7.18. The van der Waals surface area contributed by atoms with E-state index in [0.717, 1.165) is 25.7 Å². The molecular formula is C24H28N2O3. The molecule has 0 aromatic heterocycles. The van der Waals surface area contributed by atoms with Gasteiger partial charge in [0.05, 0.1) is 0 Å². The number of nitrogens with one attached hydrogen (secondary N) is 2. The summed E-state index contributed by atoms with van der Waals surface area (Å²) in [6.45, 7) is 0. The molecule has 3 rings (SSSR count). The fourth-order valence-corrected chi connectivity index (χ4v) is 3.81. The summed E-state index contributed by atoms with van der Waals surface area (Å²) < 4.78 is 0. The van der Waals surface area contributed by atoms with E-state index in [1.54, 1.807) is 0 Å². The second-order valence-electron chi connectivity index (χ2n) is 7.76. The van der Waals surface area contributed by atoms with Crippen LogP contribution in [0.2, 0.25) is 0 Å². The van der Waals surface area contributed by atoms with Gasteiger partial charge >= 0.3 is 0 Å². The first-order chi connectivity index (χ1) is 14.1. The largest absolute Gasteiger partial charge is 0.353 e. The Morgan fingerprint density at radius 3 is 1.83 bits per heavy atom. The Bertz CT molecular complexity index is 761. The molecule has 1 saturated heterocycles. The minimum atomic E-state index is -0.288. The first kappa shape index (κ1) is 20.8. The van der Waals surface area contributed by atoms with Gasteiger partial charge in [-0.15, -0.1) is 0 Å². The normalized spacial score (nSPS) is 14.7. The quantitative estimate of drug-likeness (QED) is 0.644. The number of aryl methyl sites for hydroxylation is 2. The minimum Gasteiger partial charge on any atom is -0.353 e. The summed E-state index contributed by atoms with van der Waals surface area (Å²) in [7, 11) is 0. The van der Waals surface area contributed by atoms with Gasteiger partial charge in [-0.2, -0.15) is 0 Å². The minimum absolute atomic E-state index is 0.0519. The van der Waals surface area contributed by atoms with Crippen molar-refractivity contribution in [1.82, 2.24) is 10.6 Å². The van der Waals surface area contributed by atoms with Crippen molar-refractivity contribution in [2.45, 2.75) is 51.0 Å². The summed E-state index contributed by atoms with van der Waals surface area (Å²) in [5.41, 5.74) is 2.50. The number of amides is 3. The number of hydrogen-bond acceptors (Lipinski definition) is 3. The van der Waals surface area contributed by atoms with Crippen molar-refractivity contribution >= 4 is 17.7 Å². The van der Waals surface area contributed by atoms with Gasteiger partial charge in [0.15, 0.2) is 0 Å². The van der Waals surface area contributed by atoms with Crippen molar-refractivity contribution in [3.05, 3.63) is 71.8 Å². The first-order valence-electron chi connectivity index (χ1n) is 10.3. The van der Waals surface area contributed by atoms with Gasteiger partial charge in [0.1, 0.15) is 0 Å². The molecule has 0 atom stereocenters. The maximum absolute atomic E-state index is 12.6. The van der Waals surface area contributed by atoms with E-state index in [9.17, 15) is 14.4 Å². The van der Waals surface area contributed by atoms with Crippen LogP contribution in [-0.2, 0) is 27.2 Å². The van der Waals surface area contributed by atoms with E-state index < -0.39 is 0 Å². The highest BCUT2D eigenvalue weighted by Gasteiger charge is 2.27. The molecule has 1 aliphatic rings. The Hall–Kier alpha value is -2.95. The molecule has 5 nitrogen and oxygen atoms in total. The molecule has 5 heteroatoms. The van der Waals surface area contributed by atoms with E-state index in [0.29, 0.717) is 0 Å². The van der Waals surface area contributed by atoms with Gasteiger partial charge in [0.2, 0.25) is 17.7 Å². The molecular weight excluding hydrogens is 364 g/mol. The van der Waals surface area contributed by atoms with Crippen molar-refractivity contribution < 1.29 is 14.4 Å². The number of hydrogen-bond donors (Lipinski definition) is 2. The Kier molecular flexibility index (Phi) is 7.56. The van der Waals surface area contributed by atoms with Crippen molar-refractivity contribution in [2.24, 2.45) is 5.92 Å². The number of benzene rings is 2. The molecule has 1 aliphatic heterocycles. The molecule has 2 N–H and O–H groups in total. The molecule has 0 saturated carbocycles. The lowest BCUT2D eigenvalue weighted by Gasteiger charge is -2.23. The van der Waals surface area contributed by atoms with Gasteiger partial charge in [0.25, 0.3) is 0 Å². The molecule has 1 fully saturated rings. The predicted octanol–water partition coefficient (Wildman–Crippen LogP) is 3.18. The van der Waals surface area contributed by atoms with Crippen LogP contribution in [0.3, 0.4) is 0 Å². The van der Waals surface area contributed by atoms with Crippen molar-refractivity contribution in [2.75, 3.05) is 0 Å². The van der Waals surface area contributed by atoms with Crippen LogP contribution in [0.25, 0.3) is 0 Å². The lowest BCUT2D eigenvalue weighted by atomic mass is 9.92. The van der Waals surface area contributed by atoms with E-state index in [2.05, 4.69) is 34.9 Å². The van der Waals surface area contributed by atoms with E-state index in [1.165, 1.54) is 11.1 Å². The second kappa shape index (κ2) is 10.6. The second-order valence-corrected chi connectivity index (χ2v) is 7.76. The molecule has 2 aromatic carbocycles. The maximum atomic E-state index is 12.6. The van der Waals surface area contributed by atoms with Crippen LogP contribution in [0.4, 0.5) is 0 Å². The van der Waals surface area contributed by atoms with Gasteiger partial charge in [0, 0.05) is 25.3 Å². The van der Waals surface area contributed by atoms with Crippen LogP contribution in [0, 0.1) is 5.92 Å². The van der Waals surface area contributed by atoms with E-state index >= 15 is 0 Å². The summed E-state index contributed by atoms with van der Waals surface area (Å²) in [5, 5.41) is 5.44. The highest BCUT2D eigenvalue weighted by Crippen LogP contribution is 2.18. The first-order valence-corrected chi connectivity index (χ1v) is 10.3. The topological polar surface area (TPSA) is 75.3 Å². The zero-order valence-electron chi connectivity index (χ0n) is 16.6. The van der Waals surface area contributed by atoms with E-state index in [-0.39, 0.29) is 48.9 Å². The van der Waals surface area contributed by atoms with Crippen molar-refractivity contribution in [1.29, 1.82) is 0 Å². The Labute approximate surface area is 171 Å². The Morgan fingerprint density at radius 2 is 1.34 bits per heavy atom. The SMILES string of the molecule is O=C1CC(CC(=O)NC(CCc2ccccc2)CCc2ccccc2)CC(=O)N1. The predicted molar refractivity (Wildman–Crippen MR) is 112 cm³/mol. The van der Waals surface area contributed by atoms with Crippen LogP contribution in [0.1, 0.15) is 43.2 Å². The van der Waals surface area contributed by atoms with Crippen molar-refractivity contribution in [3.8, 4) is 0 Å². The van der Waals surface area contributed by atoms with Gasteiger partial charge in [-0.25, -0.2) is 0 Å². The zero-order chi connectivity index (χ0) is 20.5. The molecule has 2 aromatic rings. The fourth-order valence-electron chi connectivity index (χ4n) is 3.81. The number of imide groups is 1. The summed E-state index contributed by atoms with van der Waals surface area (Å²) in [6, 6.07) is 20.6. The molecule has 0 aliphatic carbocycles. The lowest BCUT2D eigenvalue weighted by Crippen LogP contribution is -2.41. The highest BCUT2D eigenvalue weighted by molar-refractivity contribution is 5.98. The number of rotatable bonds is 9. The Morgan fingerprint density at radius 1 is 0.862 bits per heavy atom. The van der Waals surface area contributed by atoms with Crippen LogP contribution < -0.4 is 10.6 Å². The van der Waals surface area contributed by atoms with Crippen LogP contribution in [0.15, 0.2) is 60.7 Å². The average Bonchev–Trinajstić information content (AvgIpc) is 2.71. The zero-order valence-corrected chi connectivity index (χ0v) is 16.6. The van der Waals surface area contributed by atoms with E-state index in [4.69, 9.17) is 0 Å². The molecule has 0 bridgehead atoms. The molecule has 29 heavy (non-hydrogen) atoms. The molecule has 1 heterocycles. The smallest absolute Gasteiger partial charge is 0.226 e. The van der Waals surface area contributed by atoms with Crippen LogP contribution >= 0.6 is 0 Å². The molecule has 152 valence electrons. The molecule has 0 unspecified atom stereocenters. The summed E-state index contributed by atoms with van der Waals surface area (Å²) >= 11 is 0. The lowest BCUT2D eigenvalue weighted by molar-refractivity contribution is -0.135. The van der Waals surface area contributed by atoms with Gasteiger partial charge < -0.3 is 5.32 Å². The van der Waals surface area contributed by atoms with Crippen LogP contribution in [-0.4, -0.2) is 23.8 Å². The summed E-state index contributed by atoms with van der Waals surface area (Å²) in [4.78, 5) is 35.7. The number of carbonyl (C=O) groups excluding carboxylic acids is 3. The molecule has 0 radical (unpaired) electrons. The monoisotopic (exact) mass is 392 g/mol. The number of carbonyl (C=O) groups is 3. The molecule has 3 amide bonds. The van der Waals surface area contributed by atoms with Gasteiger partial charge in [-0.3, -0.25) is 19.7 Å². The highest BCUT2D eigenvalue weighted by atomic mass is 16.2. The fraction of sp³-hybridized carbons (Fsp3) is 0.375. The van der Waals surface area contributed by atoms with Gasteiger partial charge in [-0.1, -0.05) is 60.7 Å². The third-order valence-corrected chi connectivity index (χ3v) is 5.31. The van der Waals surface area contributed by atoms with E-state index in [1.807, 2.05) is 36.4 Å². The van der Waals surface area contributed by atoms with Crippen LogP contribution in [0.5, 0.6) is 0 Å². The third-order valence-electron chi connectivity index (χ3n) is 5.31. The standard InChI is InChI=1S/C24H28N2O3/c27-22(15-20-16-23(28)26-24(29)17-20)25-21(13-11-18-7-3-1-4-8-18)14-12-19-9-5-2-6-10-19/h1-10,20-21H,11-17H2,(H,25,27)(H,26,28,29). The van der Waals surface area contributed by atoms with Crippen molar-refractivity contribution in [3.63, 3.8) is 0 Å². The Balaban J connectivity index is 1.56. The van der Waals surface area contributed by atoms with Gasteiger partial charge in [-0.05, 0) is 42.7 Å².